The number of guanidine groups is 1. The molecule has 1 amide bonds. The van der Waals surface area contributed by atoms with Crippen molar-refractivity contribution >= 4 is 11.9 Å². The minimum absolute atomic E-state index is 0.120. The number of unbranched alkanes of at least 4 members (excludes halogenated alkanes) is 1. The molecule has 0 bridgehead atoms. The van der Waals surface area contributed by atoms with Crippen molar-refractivity contribution < 1.29 is 15.0 Å². The monoisotopic (exact) mass is 504 g/mol. The number of carbonyl (C=O) groups is 1. The van der Waals surface area contributed by atoms with Gasteiger partial charge >= 0.3 is 0 Å². The van der Waals surface area contributed by atoms with Crippen LogP contribution in [0.4, 0.5) is 0 Å². The average Bonchev–Trinajstić information content (AvgIpc) is 3.18. The molecule has 0 radical (unpaired) electrons. The molecule has 0 aromatic carbocycles. The van der Waals surface area contributed by atoms with Gasteiger partial charge < -0.3 is 27.0 Å². The number of aliphatic hydroxyl groups is 2. The number of amides is 1. The Labute approximate surface area is 218 Å². The Kier molecular flexibility index (Phi) is 8.60. The summed E-state index contributed by atoms with van der Waals surface area (Å²) in [6, 6.07) is 0. The van der Waals surface area contributed by atoms with Crippen molar-refractivity contribution in [1.29, 1.82) is 0 Å². The van der Waals surface area contributed by atoms with Gasteiger partial charge in [0.05, 0.1) is 12.2 Å². The largest absolute Gasteiger partial charge is 0.393 e. The molecule has 4 fully saturated rings. The zero-order chi connectivity index (χ0) is 26.1. The summed E-state index contributed by atoms with van der Waals surface area (Å²) in [5, 5.41) is 24.8. The Morgan fingerprint density at radius 2 is 1.75 bits per heavy atom. The Morgan fingerprint density at radius 1 is 1.03 bits per heavy atom. The van der Waals surface area contributed by atoms with Gasteiger partial charge in [0.25, 0.3) is 0 Å². The van der Waals surface area contributed by atoms with E-state index in [-0.39, 0.29) is 34.9 Å². The van der Waals surface area contributed by atoms with Crippen LogP contribution in [0.5, 0.6) is 0 Å². The summed E-state index contributed by atoms with van der Waals surface area (Å²) >= 11 is 0. The van der Waals surface area contributed by atoms with Crippen LogP contribution in [0.3, 0.4) is 0 Å². The maximum atomic E-state index is 12.5. The number of nitrogens with zero attached hydrogens (tertiary/aromatic N) is 1. The number of nitrogens with two attached hydrogens (primary N) is 2. The Balaban J connectivity index is 1.30. The number of rotatable bonds is 9. The maximum Gasteiger partial charge on any atom is 0.220 e. The number of nitrogens with one attached hydrogen (secondary N) is 1. The van der Waals surface area contributed by atoms with Gasteiger partial charge in [-0.25, -0.2) is 0 Å². The second kappa shape index (κ2) is 11.2. The molecule has 4 aliphatic carbocycles. The third-order valence-electron chi connectivity index (χ3n) is 11.4. The molecule has 7 heteroatoms. The Morgan fingerprint density at radius 3 is 2.50 bits per heavy atom. The predicted molar refractivity (Wildman–Crippen MR) is 144 cm³/mol. The fourth-order valence-corrected chi connectivity index (χ4v) is 9.50. The van der Waals surface area contributed by atoms with Crippen molar-refractivity contribution in [3.63, 3.8) is 0 Å². The van der Waals surface area contributed by atoms with Crippen molar-refractivity contribution in [2.45, 2.75) is 110 Å². The van der Waals surface area contributed by atoms with E-state index in [0.29, 0.717) is 55.0 Å². The van der Waals surface area contributed by atoms with E-state index in [0.717, 1.165) is 44.9 Å². The molecule has 0 aromatic rings. The molecule has 206 valence electrons. The minimum atomic E-state index is -0.227. The smallest absolute Gasteiger partial charge is 0.220 e. The van der Waals surface area contributed by atoms with E-state index in [9.17, 15) is 15.0 Å². The van der Waals surface area contributed by atoms with E-state index in [1.54, 1.807) is 0 Å². The molecule has 36 heavy (non-hydrogen) atoms. The SMILES string of the molecule is C[C@@H](CCC(=O)NCCCCN=C(N)N)[C@@H]1CC[C@@H]2[C@@H]3[C@@H](CC[C@]21C)[C@]1(C)CC[C@H](O)C[C@@H]1C[C@@H]3O. The third-order valence-corrected chi connectivity index (χ3v) is 11.4. The van der Waals surface area contributed by atoms with E-state index < -0.39 is 0 Å². The van der Waals surface area contributed by atoms with Crippen LogP contribution in [0.25, 0.3) is 0 Å². The van der Waals surface area contributed by atoms with Gasteiger partial charge in [0, 0.05) is 19.5 Å². The standard InChI is InChI=1S/C29H52N4O3/c1-18(6-9-25(36)32-14-4-5-15-33-27(30)31)21-7-8-22-26-23(11-13-29(21,22)3)28(2)12-10-20(34)16-19(28)17-24(26)35/h18-24,26,34-35H,4-17H2,1-3H3,(H,32,36)(H4,30,31,33)/t18-,19+,20-,21-,22+,23+,24-,26+,28+,29-/m0/s1. The van der Waals surface area contributed by atoms with Crippen molar-refractivity contribution in [1.82, 2.24) is 5.32 Å². The fraction of sp³-hybridized carbons (Fsp3) is 0.931. The van der Waals surface area contributed by atoms with E-state index in [1.807, 2.05) is 0 Å². The van der Waals surface area contributed by atoms with Crippen molar-refractivity contribution in [3.8, 4) is 0 Å². The highest BCUT2D eigenvalue weighted by atomic mass is 16.3. The lowest BCUT2D eigenvalue weighted by Gasteiger charge is -2.62. The highest BCUT2D eigenvalue weighted by molar-refractivity contribution is 5.76. The summed E-state index contributed by atoms with van der Waals surface area (Å²) in [7, 11) is 0. The molecule has 7 N–H and O–H groups in total. The predicted octanol–water partition coefficient (Wildman–Crippen LogP) is 3.56. The molecular weight excluding hydrogens is 452 g/mol. The second-order valence-electron chi connectivity index (χ2n) is 13.3. The van der Waals surface area contributed by atoms with Gasteiger partial charge in [-0.15, -0.1) is 0 Å². The van der Waals surface area contributed by atoms with Crippen LogP contribution in [-0.4, -0.2) is 47.4 Å². The second-order valence-corrected chi connectivity index (χ2v) is 13.3. The minimum Gasteiger partial charge on any atom is -0.393 e. The first-order chi connectivity index (χ1) is 17.1. The Hall–Kier alpha value is -1.34. The lowest BCUT2D eigenvalue weighted by molar-refractivity contribution is -0.174. The van der Waals surface area contributed by atoms with Gasteiger partial charge in [-0.2, -0.15) is 0 Å². The molecule has 0 unspecified atom stereocenters. The third kappa shape index (κ3) is 5.43. The van der Waals surface area contributed by atoms with Crippen molar-refractivity contribution in [3.05, 3.63) is 0 Å². The van der Waals surface area contributed by atoms with Crippen molar-refractivity contribution in [2.24, 2.45) is 62.8 Å². The van der Waals surface area contributed by atoms with E-state index >= 15 is 0 Å². The molecule has 4 aliphatic rings. The number of fused-ring (bicyclic) bond motifs is 5. The summed E-state index contributed by atoms with van der Waals surface area (Å²) in [6.07, 6.45) is 11.5. The number of aliphatic imine (C=N–C) groups is 1. The first kappa shape index (κ1) is 27.7. The summed E-state index contributed by atoms with van der Waals surface area (Å²) < 4.78 is 0. The van der Waals surface area contributed by atoms with Gasteiger partial charge in [-0.05, 0) is 117 Å². The molecule has 0 aliphatic heterocycles. The van der Waals surface area contributed by atoms with Crippen LogP contribution in [0.15, 0.2) is 4.99 Å². The molecule has 7 nitrogen and oxygen atoms in total. The highest BCUT2D eigenvalue weighted by Crippen LogP contribution is 2.68. The fourth-order valence-electron chi connectivity index (χ4n) is 9.50. The summed E-state index contributed by atoms with van der Waals surface area (Å²) in [6.45, 7) is 8.61. The van der Waals surface area contributed by atoms with Gasteiger partial charge in [0.15, 0.2) is 5.96 Å². The molecule has 0 aromatic heterocycles. The van der Waals surface area contributed by atoms with Gasteiger partial charge in [-0.1, -0.05) is 20.8 Å². The van der Waals surface area contributed by atoms with Crippen LogP contribution in [0.1, 0.15) is 97.8 Å². The van der Waals surface area contributed by atoms with E-state index in [4.69, 9.17) is 11.5 Å². The molecule has 0 spiro atoms. The van der Waals surface area contributed by atoms with E-state index in [1.165, 1.54) is 25.7 Å². The maximum absolute atomic E-state index is 12.5. The number of carbonyl (C=O) groups excluding carboxylic acids is 1. The van der Waals surface area contributed by atoms with Gasteiger partial charge in [-0.3, -0.25) is 9.79 Å². The van der Waals surface area contributed by atoms with Crippen LogP contribution >= 0.6 is 0 Å². The number of aliphatic hydroxyl groups excluding tert-OH is 2. The quantitative estimate of drug-likeness (QED) is 0.186. The first-order valence-corrected chi connectivity index (χ1v) is 14.7. The summed E-state index contributed by atoms with van der Waals surface area (Å²) in [4.78, 5) is 16.4. The number of hydrogen-bond acceptors (Lipinski definition) is 4. The van der Waals surface area contributed by atoms with Crippen LogP contribution in [0, 0.1) is 46.3 Å². The molecule has 4 rings (SSSR count). The number of hydrogen-bond donors (Lipinski definition) is 5. The summed E-state index contributed by atoms with van der Waals surface area (Å²) in [5.74, 6) is 3.44. The van der Waals surface area contributed by atoms with Gasteiger partial charge in [0.1, 0.15) is 0 Å². The first-order valence-electron chi connectivity index (χ1n) is 14.7. The average molecular weight is 505 g/mol. The molecule has 10 atom stereocenters. The van der Waals surface area contributed by atoms with Crippen LogP contribution in [-0.2, 0) is 4.79 Å². The molecular formula is C29H52N4O3. The normalized spacial score (nSPS) is 42.5. The zero-order valence-corrected chi connectivity index (χ0v) is 22.9. The van der Waals surface area contributed by atoms with Crippen LogP contribution < -0.4 is 16.8 Å². The zero-order valence-electron chi connectivity index (χ0n) is 22.9. The Bertz CT molecular complexity index is 801. The van der Waals surface area contributed by atoms with Gasteiger partial charge in [0.2, 0.25) is 5.91 Å². The topological polar surface area (TPSA) is 134 Å². The lowest BCUT2D eigenvalue weighted by atomic mass is 9.43. The van der Waals surface area contributed by atoms with E-state index in [2.05, 4.69) is 31.1 Å². The van der Waals surface area contributed by atoms with Crippen LogP contribution in [0.2, 0.25) is 0 Å². The van der Waals surface area contributed by atoms with Crippen molar-refractivity contribution in [2.75, 3.05) is 13.1 Å². The highest BCUT2D eigenvalue weighted by Gasteiger charge is 2.62. The lowest BCUT2D eigenvalue weighted by Crippen LogP contribution is -2.58. The summed E-state index contributed by atoms with van der Waals surface area (Å²) in [5.41, 5.74) is 11.2. The molecule has 0 saturated heterocycles. The molecule has 4 saturated carbocycles. The molecule has 0 heterocycles.